The van der Waals surface area contributed by atoms with Crippen LogP contribution in [0.5, 0.6) is 5.88 Å². The summed E-state index contributed by atoms with van der Waals surface area (Å²) in [6, 6.07) is -1.03. The molecule has 122 valence electrons. The van der Waals surface area contributed by atoms with Gasteiger partial charge in [0.25, 0.3) is 11.5 Å². The quantitative estimate of drug-likeness (QED) is 0.683. The number of aromatic hydroxyl groups is 1. The first-order valence-electron chi connectivity index (χ1n) is 6.69. The first kappa shape index (κ1) is 17.5. The van der Waals surface area contributed by atoms with E-state index in [9.17, 15) is 24.3 Å². The van der Waals surface area contributed by atoms with Gasteiger partial charge in [-0.15, -0.1) is 0 Å². The van der Waals surface area contributed by atoms with Crippen LogP contribution in [-0.2, 0) is 4.79 Å². The maximum atomic E-state index is 12.3. The van der Waals surface area contributed by atoms with Crippen LogP contribution in [0.4, 0.5) is 0 Å². The largest absolute Gasteiger partial charge is 0.494 e. The molecule has 1 heterocycles. The molecule has 3 N–H and O–H groups in total. The standard InChI is InChI=1S/C13H19N3O6/c1-6(2)15-11(20)9(10(19)14-5-8(17)18)12(21)16(7(3)4)13(15)22/h6-7,20H,5H2,1-4H3,(H,14,19)(H,17,18). The van der Waals surface area contributed by atoms with E-state index in [1.165, 1.54) is 0 Å². The Hall–Kier alpha value is -2.58. The second-order valence-corrected chi connectivity index (χ2v) is 5.29. The number of hydrogen-bond donors (Lipinski definition) is 3. The van der Waals surface area contributed by atoms with E-state index in [-0.39, 0.29) is 0 Å². The van der Waals surface area contributed by atoms with E-state index in [0.717, 1.165) is 9.13 Å². The van der Waals surface area contributed by atoms with Gasteiger partial charge in [0, 0.05) is 12.1 Å². The maximum absolute atomic E-state index is 12.3. The molecule has 0 spiro atoms. The van der Waals surface area contributed by atoms with Crippen molar-refractivity contribution in [2.75, 3.05) is 6.54 Å². The van der Waals surface area contributed by atoms with Gasteiger partial charge in [0.05, 0.1) is 0 Å². The number of aromatic nitrogens is 2. The van der Waals surface area contributed by atoms with E-state index in [2.05, 4.69) is 0 Å². The molecule has 1 amide bonds. The number of nitrogens with zero attached hydrogens (tertiary/aromatic N) is 2. The molecule has 0 bridgehead atoms. The monoisotopic (exact) mass is 313 g/mol. The summed E-state index contributed by atoms with van der Waals surface area (Å²) < 4.78 is 1.76. The van der Waals surface area contributed by atoms with Gasteiger partial charge in [0.1, 0.15) is 6.54 Å². The van der Waals surface area contributed by atoms with Crippen molar-refractivity contribution in [3.63, 3.8) is 0 Å². The van der Waals surface area contributed by atoms with E-state index in [1.54, 1.807) is 27.7 Å². The zero-order chi connectivity index (χ0) is 17.2. The third-order valence-corrected chi connectivity index (χ3v) is 2.96. The lowest BCUT2D eigenvalue weighted by Gasteiger charge is -2.19. The van der Waals surface area contributed by atoms with Crippen LogP contribution in [0.3, 0.4) is 0 Å². The Morgan fingerprint density at radius 1 is 1.09 bits per heavy atom. The fraction of sp³-hybridized carbons (Fsp3) is 0.538. The molecule has 0 saturated carbocycles. The van der Waals surface area contributed by atoms with Crippen molar-refractivity contribution in [2.45, 2.75) is 39.8 Å². The first-order valence-corrected chi connectivity index (χ1v) is 6.69. The van der Waals surface area contributed by atoms with Crippen molar-refractivity contribution in [3.05, 3.63) is 26.4 Å². The molecule has 0 aliphatic carbocycles. The number of carboxylic acids is 1. The highest BCUT2D eigenvalue weighted by atomic mass is 16.4. The highest BCUT2D eigenvalue weighted by Crippen LogP contribution is 2.16. The molecule has 0 fully saturated rings. The molecule has 22 heavy (non-hydrogen) atoms. The zero-order valence-corrected chi connectivity index (χ0v) is 12.8. The molecule has 0 saturated heterocycles. The highest BCUT2D eigenvalue weighted by molar-refractivity contribution is 5.97. The van der Waals surface area contributed by atoms with Gasteiger partial charge in [0.2, 0.25) is 5.88 Å². The van der Waals surface area contributed by atoms with E-state index in [0.29, 0.717) is 0 Å². The second kappa shape index (κ2) is 6.46. The van der Waals surface area contributed by atoms with Crippen molar-refractivity contribution < 1.29 is 19.8 Å². The van der Waals surface area contributed by atoms with Gasteiger partial charge in [-0.1, -0.05) is 0 Å². The molecule has 0 aliphatic heterocycles. The molecule has 9 nitrogen and oxygen atoms in total. The number of amides is 1. The van der Waals surface area contributed by atoms with E-state index in [1.807, 2.05) is 5.32 Å². The van der Waals surface area contributed by atoms with E-state index in [4.69, 9.17) is 5.11 Å². The Kier molecular flexibility index (Phi) is 5.13. The Morgan fingerprint density at radius 3 is 2.00 bits per heavy atom. The van der Waals surface area contributed by atoms with Crippen molar-refractivity contribution >= 4 is 11.9 Å². The van der Waals surface area contributed by atoms with Crippen molar-refractivity contribution in [1.29, 1.82) is 0 Å². The number of carbonyl (C=O) groups is 2. The summed E-state index contributed by atoms with van der Waals surface area (Å²) in [6.45, 7) is 5.68. The summed E-state index contributed by atoms with van der Waals surface area (Å²) in [5.74, 6) is -3.12. The molecule has 0 unspecified atom stereocenters. The average molecular weight is 313 g/mol. The predicted molar refractivity (Wildman–Crippen MR) is 77.4 cm³/mol. The van der Waals surface area contributed by atoms with Gasteiger partial charge < -0.3 is 15.5 Å². The molecule has 9 heteroatoms. The number of carbonyl (C=O) groups excluding carboxylic acids is 1. The Balaban J connectivity index is 3.64. The van der Waals surface area contributed by atoms with Gasteiger partial charge in [-0.25, -0.2) is 4.79 Å². The van der Waals surface area contributed by atoms with Crippen molar-refractivity contribution in [2.24, 2.45) is 0 Å². The van der Waals surface area contributed by atoms with Gasteiger partial charge in [-0.3, -0.25) is 23.5 Å². The van der Waals surface area contributed by atoms with Crippen LogP contribution in [0.2, 0.25) is 0 Å². The number of rotatable bonds is 5. The molecular formula is C13H19N3O6. The molecule has 1 aromatic heterocycles. The van der Waals surface area contributed by atoms with Crippen LogP contribution in [0.1, 0.15) is 50.1 Å². The lowest BCUT2D eigenvalue weighted by Crippen LogP contribution is -2.46. The Labute approximate surface area is 125 Å². The fourth-order valence-corrected chi connectivity index (χ4v) is 1.99. The summed E-state index contributed by atoms with van der Waals surface area (Å²) in [7, 11) is 0. The topological polar surface area (TPSA) is 131 Å². The smallest absolute Gasteiger partial charge is 0.334 e. The zero-order valence-electron chi connectivity index (χ0n) is 12.8. The molecular weight excluding hydrogens is 294 g/mol. The third kappa shape index (κ3) is 3.18. The maximum Gasteiger partial charge on any atom is 0.334 e. The van der Waals surface area contributed by atoms with Crippen LogP contribution in [0, 0.1) is 0 Å². The van der Waals surface area contributed by atoms with E-state index < -0.39 is 53.2 Å². The summed E-state index contributed by atoms with van der Waals surface area (Å²) >= 11 is 0. The average Bonchev–Trinajstić information content (AvgIpc) is 2.34. The molecule has 0 atom stereocenters. The number of nitrogens with one attached hydrogen (secondary N) is 1. The van der Waals surface area contributed by atoms with Crippen LogP contribution < -0.4 is 16.6 Å². The highest BCUT2D eigenvalue weighted by Gasteiger charge is 2.26. The second-order valence-electron chi connectivity index (χ2n) is 5.29. The molecule has 1 aromatic rings. The minimum atomic E-state index is -1.30. The van der Waals surface area contributed by atoms with Crippen LogP contribution >= 0.6 is 0 Å². The van der Waals surface area contributed by atoms with Crippen molar-refractivity contribution in [3.8, 4) is 5.88 Å². The molecule has 0 aliphatic rings. The first-order chi connectivity index (χ1) is 10.1. The summed E-state index contributed by atoms with van der Waals surface area (Å²) in [6.07, 6.45) is 0. The van der Waals surface area contributed by atoms with Crippen molar-refractivity contribution in [1.82, 2.24) is 14.5 Å². The van der Waals surface area contributed by atoms with Crippen LogP contribution in [0.25, 0.3) is 0 Å². The van der Waals surface area contributed by atoms with Crippen LogP contribution in [-0.4, -0.2) is 37.8 Å². The Bertz CT molecular complexity index is 714. The molecule has 0 radical (unpaired) electrons. The number of carboxylic acid groups (broad SMARTS) is 1. The number of aliphatic carboxylic acids is 1. The van der Waals surface area contributed by atoms with Gasteiger partial charge in [-0.05, 0) is 27.7 Å². The molecule has 0 aromatic carbocycles. The SMILES string of the molecule is CC(C)n1c(O)c(C(=O)NCC(=O)O)c(=O)n(C(C)C)c1=O. The minimum Gasteiger partial charge on any atom is -0.494 e. The fourth-order valence-electron chi connectivity index (χ4n) is 1.99. The number of hydrogen-bond acceptors (Lipinski definition) is 5. The predicted octanol–water partition coefficient (Wildman–Crippen LogP) is -0.308. The minimum absolute atomic E-state index is 0.496. The van der Waals surface area contributed by atoms with Gasteiger partial charge in [-0.2, -0.15) is 0 Å². The molecule has 1 rings (SSSR count). The summed E-state index contributed by atoms with van der Waals surface area (Å²) in [4.78, 5) is 47.1. The van der Waals surface area contributed by atoms with Gasteiger partial charge >= 0.3 is 11.7 Å². The summed E-state index contributed by atoms with van der Waals surface area (Å²) in [5, 5.41) is 20.7. The lowest BCUT2D eigenvalue weighted by atomic mass is 10.2. The normalized spacial score (nSPS) is 11.0. The van der Waals surface area contributed by atoms with E-state index >= 15 is 0 Å². The van der Waals surface area contributed by atoms with Gasteiger partial charge in [0.15, 0.2) is 5.56 Å². The third-order valence-electron chi connectivity index (χ3n) is 2.96. The Morgan fingerprint density at radius 2 is 1.59 bits per heavy atom. The summed E-state index contributed by atoms with van der Waals surface area (Å²) in [5.41, 5.74) is -2.34. The van der Waals surface area contributed by atoms with Crippen LogP contribution in [0.15, 0.2) is 9.59 Å². The lowest BCUT2D eigenvalue weighted by molar-refractivity contribution is -0.135.